The van der Waals surface area contributed by atoms with Gasteiger partial charge in [-0.25, -0.2) is 8.42 Å². The number of para-hydroxylation sites is 1. The van der Waals surface area contributed by atoms with Crippen molar-refractivity contribution in [1.82, 2.24) is 5.16 Å². The Labute approximate surface area is 139 Å². The first-order valence-electron chi connectivity index (χ1n) is 6.87. The number of carbonyl (C=O) groups is 1. The van der Waals surface area contributed by atoms with Crippen LogP contribution in [-0.2, 0) is 20.4 Å². The summed E-state index contributed by atoms with van der Waals surface area (Å²) in [7, 11) is -3.39. The van der Waals surface area contributed by atoms with Crippen LogP contribution in [0, 0.1) is 13.8 Å². The minimum absolute atomic E-state index is 0.115. The van der Waals surface area contributed by atoms with Gasteiger partial charge in [0, 0.05) is 17.6 Å². The Morgan fingerprint density at radius 3 is 2.61 bits per heavy atom. The number of anilines is 1. The van der Waals surface area contributed by atoms with Crippen LogP contribution >= 0.6 is 11.8 Å². The summed E-state index contributed by atoms with van der Waals surface area (Å²) in [4.78, 5) is 12.1. The van der Waals surface area contributed by atoms with E-state index in [9.17, 15) is 13.2 Å². The fourth-order valence-electron chi connectivity index (χ4n) is 2.03. The molecular formula is C15H18N2O4S2. The minimum Gasteiger partial charge on any atom is -0.361 e. The van der Waals surface area contributed by atoms with Gasteiger partial charge in [-0.3, -0.25) is 4.79 Å². The molecule has 23 heavy (non-hydrogen) atoms. The van der Waals surface area contributed by atoms with Gasteiger partial charge in [-0.2, -0.15) is 0 Å². The van der Waals surface area contributed by atoms with E-state index >= 15 is 0 Å². The highest BCUT2D eigenvalue weighted by atomic mass is 32.2. The summed E-state index contributed by atoms with van der Waals surface area (Å²) < 4.78 is 28.5. The van der Waals surface area contributed by atoms with Crippen LogP contribution in [0.1, 0.15) is 17.0 Å². The summed E-state index contributed by atoms with van der Waals surface area (Å²) in [5, 5.41) is 6.51. The van der Waals surface area contributed by atoms with Crippen molar-refractivity contribution in [2.45, 2.75) is 24.5 Å². The first-order chi connectivity index (χ1) is 10.8. The molecule has 1 N–H and O–H groups in total. The van der Waals surface area contributed by atoms with Crippen LogP contribution in [0.3, 0.4) is 0 Å². The van der Waals surface area contributed by atoms with Gasteiger partial charge in [-0.05, 0) is 26.0 Å². The van der Waals surface area contributed by atoms with E-state index in [1.165, 1.54) is 17.8 Å². The van der Waals surface area contributed by atoms with E-state index in [2.05, 4.69) is 10.5 Å². The monoisotopic (exact) mass is 354 g/mol. The number of hydrogen-bond acceptors (Lipinski definition) is 6. The molecule has 0 spiro atoms. The number of thioether (sulfide) groups is 1. The molecule has 8 heteroatoms. The average molecular weight is 354 g/mol. The second-order valence-electron chi connectivity index (χ2n) is 5.11. The summed E-state index contributed by atoms with van der Waals surface area (Å²) in [6.45, 7) is 3.69. The van der Waals surface area contributed by atoms with Crippen LogP contribution < -0.4 is 5.32 Å². The van der Waals surface area contributed by atoms with Crippen LogP contribution in [0.15, 0.2) is 33.7 Å². The van der Waals surface area contributed by atoms with E-state index in [1.807, 2.05) is 13.8 Å². The molecular weight excluding hydrogens is 336 g/mol. The maximum Gasteiger partial charge on any atom is 0.234 e. The van der Waals surface area contributed by atoms with Crippen LogP contribution in [0.2, 0.25) is 0 Å². The zero-order valence-corrected chi connectivity index (χ0v) is 14.8. The molecule has 0 bridgehead atoms. The van der Waals surface area contributed by atoms with Gasteiger partial charge in [0.05, 0.1) is 22.0 Å². The number of benzene rings is 1. The highest BCUT2D eigenvalue weighted by molar-refractivity contribution is 7.99. The van der Waals surface area contributed by atoms with Gasteiger partial charge < -0.3 is 9.84 Å². The van der Waals surface area contributed by atoms with Gasteiger partial charge in [0.2, 0.25) is 5.91 Å². The number of aromatic nitrogens is 1. The van der Waals surface area contributed by atoms with Crippen molar-refractivity contribution < 1.29 is 17.7 Å². The van der Waals surface area contributed by atoms with Crippen LogP contribution in [0.5, 0.6) is 0 Å². The van der Waals surface area contributed by atoms with E-state index in [-0.39, 0.29) is 16.6 Å². The zero-order chi connectivity index (χ0) is 17.0. The highest BCUT2D eigenvalue weighted by Gasteiger charge is 2.15. The van der Waals surface area contributed by atoms with Crippen LogP contribution in [0.4, 0.5) is 5.69 Å². The smallest absolute Gasteiger partial charge is 0.234 e. The minimum atomic E-state index is -3.39. The molecule has 2 rings (SSSR count). The molecule has 1 amide bonds. The van der Waals surface area contributed by atoms with Gasteiger partial charge in [0.25, 0.3) is 0 Å². The summed E-state index contributed by atoms with van der Waals surface area (Å²) in [5.74, 6) is 1.32. The number of carbonyl (C=O) groups excluding carboxylic acids is 1. The molecule has 0 radical (unpaired) electrons. The van der Waals surface area contributed by atoms with Gasteiger partial charge in [-0.15, -0.1) is 11.8 Å². The fraction of sp³-hybridized carbons (Fsp3) is 0.333. The molecule has 6 nitrogen and oxygen atoms in total. The molecule has 1 heterocycles. The highest BCUT2D eigenvalue weighted by Crippen LogP contribution is 2.22. The molecule has 124 valence electrons. The Kier molecular flexibility index (Phi) is 5.48. The van der Waals surface area contributed by atoms with Crippen molar-refractivity contribution in [2.75, 3.05) is 17.3 Å². The number of nitrogens with one attached hydrogen (secondary N) is 1. The van der Waals surface area contributed by atoms with Crippen LogP contribution in [0.25, 0.3) is 0 Å². The number of nitrogens with zero attached hydrogens (tertiary/aromatic N) is 1. The first kappa shape index (κ1) is 17.6. The molecule has 0 aliphatic carbocycles. The van der Waals surface area contributed by atoms with E-state index in [0.717, 1.165) is 23.3 Å². The second kappa shape index (κ2) is 7.18. The van der Waals surface area contributed by atoms with E-state index in [1.54, 1.807) is 18.2 Å². The third-order valence-electron chi connectivity index (χ3n) is 3.22. The zero-order valence-electron chi connectivity index (χ0n) is 13.1. The normalized spacial score (nSPS) is 11.4. The lowest BCUT2D eigenvalue weighted by Crippen LogP contribution is -2.16. The first-order valence-corrected chi connectivity index (χ1v) is 9.92. The lowest BCUT2D eigenvalue weighted by molar-refractivity contribution is -0.113. The Morgan fingerprint density at radius 1 is 1.30 bits per heavy atom. The molecule has 0 fully saturated rings. The van der Waals surface area contributed by atoms with Gasteiger partial charge >= 0.3 is 0 Å². The van der Waals surface area contributed by atoms with Crippen LogP contribution in [-0.4, -0.2) is 31.5 Å². The van der Waals surface area contributed by atoms with E-state index < -0.39 is 9.84 Å². The number of aryl methyl sites for hydroxylation is 2. The maximum atomic E-state index is 12.0. The van der Waals surface area contributed by atoms with Crippen molar-refractivity contribution in [3.8, 4) is 0 Å². The molecule has 2 aromatic rings. The fourth-order valence-corrected chi connectivity index (χ4v) is 3.85. The Balaban J connectivity index is 1.96. The molecule has 0 saturated heterocycles. The average Bonchev–Trinajstić information content (AvgIpc) is 2.78. The molecule has 0 unspecified atom stereocenters. The SMILES string of the molecule is Cc1noc(C)c1CSCC(=O)Nc1ccccc1S(C)(=O)=O. The number of amides is 1. The Bertz CT molecular complexity index is 793. The summed E-state index contributed by atoms with van der Waals surface area (Å²) in [6.07, 6.45) is 1.12. The third kappa shape index (κ3) is 4.59. The van der Waals surface area contributed by atoms with Gasteiger partial charge in [-0.1, -0.05) is 17.3 Å². The maximum absolute atomic E-state index is 12.0. The van der Waals surface area contributed by atoms with Crippen molar-refractivity contribution in [3.63, 3.8) is 0 Å². The largest absolute Gasteiger partial charge is 0.361 e. The summed E-state index contributed by atoms with van der Waals surface area (Å²) in [5.41, 5.74) is 2.11. The Morgan fingerprint density at radius 2 is 2.00 bits per heavy atom. The van der Waals surface area contributed by atoms with Crippen molar-refractivity contribution in [1.29, 1.82) is 0 Å². The number of hydrogen-bond donors (Lipinski definition) is 1. The molecule has 0 aliphatic rings. The summed E-state index contributed by atoms with van der Waals surface area (Å²) >= 11 is 1.42. The molecule has 1 aromatic carbocycles. The number of sulfone groups is 1. The molecule has 0 saturated carbocycles. The molecule has 0 aliphatic heterocycles. The van der Waals surface area contributed by atoms with Crippen molar-refractivity contribution in [2.24, 2.45) is 0 Å². The second-order valence-corrected chi connectivity index (χ2v) is 8.08. The topological polar surface area (TPSA) is 89.3 Å². The predicted molar refractivity (Wildman–Crippen MR) is 90.3 cm³/mol. The predicted octanol–water partition coefficient (Wildman–Crippen LogP) is 2.57. The van der Waals surface area contributed by atoms with E-state index in [4.69, 9.17) is 4.52 Å². The van der Waals surface area contributed by atoms with E-state index in [0.29, 0.717) is 11.4 Å². The van der Waals surface area contributed by atoms with Crippen molar-refractivity contribution >= 4 is 33.2 Å². The number of rotatable bonds is 6. The standard InChI is InChI=1S/C15H18N2O4S2/c1-10-12(11(2)21-17-10)8-22-9-15(18)16-13-6-4-5-7-14(13)23(3,19)20/h4-7H,8-9H2,1-3H3,(H,16,18). The summed E-state index contributed by atoms with van der Waals surface area (Å²) in [6, 6.07) is 6.36. The van der Waals surface area contributed by atoms with Crippen molar-refractivity contribution in [3.05, 3.63) is 41.3 Å². The third-order valence-corrected chi connectivity index (χ3v) is 5.34. The van der Waals surface area contributed by atoms with Gasteiger partial charge in [0.15, 0.2) is 9.84 Å². The van der Waals surface area contributed by atoms with Gasteiger partial charge in [0.1, 0.15) is 5.76 Å². The molecule has 0 atom stereocenters. The lowest BCUT2D eigenvalue weighted by Gasteiger charge is -2.09. The lowest BCUT2D eigenvalue weighted by atomic mass is 10.2. The quantitative estimate of drug-likeness (QED) is 0.857. The molecule has 1 aromatic heterocycles. The Hall–Kier alpha value is -1.80.